The maximum atomic E-state index is 5.88. The summed E-state index contributed by atoms with van der Waals surface area (Å²) in [4.78, 5) is 0. The molecule has 0 spiro atoms. The highest BCUT2D eigenvalue weighted by molar-refractivity contribution is 9.39. The lowest BCUT2D eigenvalue weighted by Crippen LogP contribution is -2.15. The van der Waals surface area contributed by atoms with Crippen molar-refractivity contribution in [2.75, 3.05) is 0 Å². The van der Waals surface area contributed by atoms with Crippen LogP contribution in [0.2, 0.25) is 12.6 Å². The van der Waals surface area contributed by atoms with Crippen molar-refractivity contribution < 1.29 is 0 Å². The summed E-state index contributed by atoms with van der Waals surface area (Å²) in [7, 11) is 0. The van der Waals surface area contributed by atoms with E-state index in [1.165, 1.54) is 0 Å². The zero-order valence-electron chi connectivity index (χ0n) is 5.30. The molecule has 0 saturated heterocycles. The van der Waals surface area contributed by atoms with Crippen LogP contribution in [-0.2, 0) is 0 Å². The first kappa shape index (κ1) is 12.2. The molecule has 0 aliphatic heterocycles. The van der Waals surface area contributed by atoms with E-state index in [0.717, 1.165) is 12.5 Å². The zero-order chi connectivity index (χ0) is 8.41. The summed E-state index contributed by atoms with van der Waals surface area (Å²) in [6, 6.07) is 0.859. The quantitative estimate of drug-likeness (QED) is 0.360. The number of rotatable bonds is 2. The smallest absolute Gasteiger partial charge is 0.146 e. The Labute approximate surface area is 96.8 Å². The fourth-order valence-corrected chi connectivity index (χ4v) is 3.43. The van der Waals surface area contributed by atoms with Crippen molar-refractivity contribution in [1.82, 2.24) is 0 Å². The van der Waals surface area contributed by atoms with Gasteiger partial charge in [-0.1, -0.05) is 47.8 Å². The third-order valence-electron chi connectivity index (χ3n) is 0.847. The minimum atomic E-state index is -1.91. The van der Waals surface area contributed by atoms with Crippen LogP contribution in [0.25, 0.3) is 0 Å². The van der Waals surface area contributed by atoms with E-state index in [0.29, 0.717) is 0 Å². The molecular formula is C4H7Br3Cl2Si. The monoisotopic (exact) mass is 390 g/mol. The van der Waals surface area contributed by atoms with Gasteiger partial charge in [0.1, 0.15) is 2.14 Å². The van der Waals surface area contributed by atoms with Crippen LogP contribution in [0, 0.1) is 0 Å². The van der Waals surface area contributed by atoms with Gasteiger partial charge >= 0.3 is 0 Å². The highest BCUT2D eigenvalue weighted by atomic mass is 80.0. The molecular weight excluding hydrogens is 387 g/mol. The Morgan fingerprint density at radius 3 is 1.80 bits per heavy atom. The number of hydrogen-bond donors (Lipinski definition) is 0. The molecule has 0 amide bonds. The van der Waals surface area contributed by atoms with Gasteiger partial charge in [0.25, 0.3) is 0 Å². The lowest BCUT2D eigenvalue weighted by Gasteiger charge is -2.15. The molecule has 6 heteroatoms. The molecule has 0 heterocycles. The molecule has 0 aromatic heterocycles. The SMILES string of the molecule is C[Si](Cl)(Cl)CCC(Br)(Br)Br. The molecule has 0 fully saturated rings. The van der Waals surface area contributed by atoms with Gasteiger partial charge in [0.05, 0.1) is 0 Å². The van der Waals surface area contributed by atoms with Crippen LogP contribution in [0.4, 0.5) is 0 Å². The summed E-state index contributed by atoms with van der Waals surface area (Å²) in [5.41, 5.74) is 0. The first-order valence-corrected chi connectivity index (χ1v) is 9.76. The van der Waals surface area contributed by atoms with Gasteiger partial charge < -0.3 is 0 Å². The lowest BCUT2D eigenvalue weighted by molar-refractivity contribution is 1.03. The van der Waals surface area contributed by atoms with Crippen molar-refractivity contribution in [2.24, 2.45) is 0 Å². The second-order valence-electron chi connectivity index (χ2n) is 2.19. The largest absolute Gasteiger partial charge is 0.248 e. The van der Waals surface area contributed by atoms with E-state index >= 15 is 0 Å². The first-order valence-electron chi connectivity index (χ1n) is 2.65. The molecule has 62 valence electrons. The molecule has 0 aliphatic rings. The van der Waals surface area contributed by atoms with E-state index in [2.05, 4.69) is 47.8 Å². The minimum absolute atomic E-state index is 0.189. The van der Waals surface area contributed by atoms with Crippen molar-refractivity contribution >= 4 is 76.6 Å². The minimum Gasteiger partial charge on any atom is -0.146 e. The fraction of sp³-hybridized carbons (Fsp3) is 1.00. The van der Waals surface area contributed by atoms with Gasteiger partial charge in [0.15, 0.2) is 0 Å². The predicted octanol–water partition coefficient (Wildman–Crippen LogP) is 4.76. The standard InChI is InChI=1S/C4H7Br3Cl2Si/c1-10(8,9)3-2-4(5,6)7/h2-3H2,1H3. The molecule has 0 aromatic carbocycles. The summed E-state index contributed by atoms with van der Waals surface area (Å²) in [5.74, 6) is 0. The van der Waals surface area contributed by atoms with E-state index < -0.39 is 6.69 Å². The summed E-state index contributed by atoms with van der Waals surface area (Å²) in [6.07, 6.45) is 0.878. The van der Waals surface area contributed by atoms with Crippen LogP contribution in [0.15, 0.2) is 0 Å². The Kier molecular flexibility index (Phi) is 5.47. The highest BCUT2D eigenvalue weighted by Crippen LogP contribution is 2.40. The van der Waals surface area contributed by atoms with Gasteiger partial charge in [-0.05, 0) is 19.0 Å². The maximum Gasteiger partial charge on any atom is 0.248 e. The molecule has 0 atom stereocenters. The maximum absolute atomic E-state index is 5.88. The van der Waals surface area contributed by atoms with E-state index in [4.69, 9.17) is 22.2 Å². The molecule has 0 radical (unpaired) electrons. The van der Waals surface area contributed by atoms with E-state index in [9.17, 15) is 0 Å². The van der Waals surface area contributed by atoms with Gasteiger partial charge in [-0.25, -0.2) is 0 Å². The second kappa shape index (κ2) is 4.47. The fourth-order valence-electron chi connectivity index (χ4n) is 0.361. The Morgan fingerprint density at radius 2 is 1.70 bits per heavy atom. The van der Waals surface area contributed by atoms with Crippen molar-refractivity contribution in [3.63, 3.8) is 0 Å². The molecule has 0 nitrogen and oxygen atoms in total. The number of halogens is 5. The normalized spacial score (nSPS) is 13.8. The second-order valence-corrected chi connectivity index (χ2v) is 17.7. The molecule has 0 N–H and O–H groups in total. The average molecular weight is 394 g/mol. The predicted molar refractivity (Wildman–Crippen MR) is 62.3 cm³/mol. The van der Waals surface area contributed by atoms with E-state index in [1.54, 1.807) is 0 Å². The number of alkyl halides is 3. The van der Waals surface area contributed by atoms with Crippen LogP contribution < -0.4 is 0 Å². The third-order valence-corrected chi connectivity index (χ3v) is 4.30. The first-order chi connectivity index (χ1) is 4.21. The molecule has 0 saturated carbocycles. The molecule has 0 unspecified atom stereocenters. The Balaban J connectivity index is 3.56. The average Bonchev–Trinajstić information content (AvgIpc) is 1.57. The zero-order valence-corrected chi connectivity index (χ0v) is 12.6. The van der Waals surface area contributed by atoms with Crippen LogP contribution in [-0.4, -0.2) is 8.84 Å². The molecule has 0 rings (SSSR count). The van der Waals surface area contributed by atoms with E-state index in [-0.39, 0.29) is 2.14 Å². The summed E-state index contributed by atoms with van der Waals surface area (Å²) in [5, 5.41) is 0. The van der Waals surface area contributed by atoms with Crippen LogP contribution in [0.3, 0.4) is 0 Å². The lowest BCUT2D eigenvalue weighted by atomic mass is 10.6. The van der Waals surface area contributed by atoms with Crippen molar-refractivity contribution in [3.8, 4) is 0 Å². The molecule has 0 bridgehead atoms. The van der Waals surface area contributed by atoms with Crippen LogP contribution in [0.1, 0.15) is 6.42 Å². The topological polar surface area (TPSA) is 0 Å². The van der Waals surface area contributed by atoms with Gasteiger partial charge in [-0.15, -0.1) is 22.2 Å². The van der Waals surface area contributed by atoms with E-state index in [1.807, 2.05) is 6.55 Å². The van der Waals surface area contributed by atoms with Gasteiger partial charge in [0, 0.05) is 0 Å². The van der Waals surface area contributed by atoms with Crippen molar-refractivity contribution in [1.29, 1.82) is 0 Å². The van der Waals surface area contributed by atoms with Gasteiger partial charge in [-0.2, -0.15) is 0 Å². The Bertz CT molecular complexity index is 92.1. The van der Waals surface area contributed by atoms with Crippen molar-refractivity contribution in [2.45, 2.75) is 21.2 Å². The van der Waals surface area contributed by atoms with Crippen molar-refractivity contribution in [3.05, 3.63) is 0 Å². The summed E-state index contributed by atoms with van der Waals surface area (Å²) in [6.45, 7) is -0.00100. The van der Waals surface area contributed by atoms with Gasteiger partial charge in [0.2, 0.25) is 6.69 Å². The summed E-state index contributed by atoms with van der Waals surface area (Å²) >= 11 is 21.9. The number of hydrogen-bond acceptors (Lipinski definition) is 0. The highest BCUT2D eigenvalue weighted by Gasteiger charge is 2.26. The third kappa shape index (κ3) is 10.2. The van der Waals surface area contributed by atoms with Crippen LogP contribution >= 0.6 is 69.9 Å². The Morgan fingerprint density at radius 1 is 1.30 bits per heavy atom. The Hall–Kier alpha value is 2.24. The molecule has 10 heavy (non-hydrogen) atoms. The molecule has 0 aliphatic carbocycles. The molecule has 0 aromatic rings. The van der Waals surface area contributed by atoms with Crippen LogP contribution in [0.5, 0.6) is 0 Å². The summed E-state index contributed by atoms with van der Waals surface area (Å²) < 4.78 is -0.189. The van der Waals surface area contributed by atoms with Gasteiger partial charge in [-0.3, -0.25) is 0 Å².